The second kappa shape index (κ2) is 11.7. The van der Waals surface area contributed by atoms with Gasteiger partial charge in [0.05, 0.1) is 22.5 Å². The van der Waals surface area contributed by atoms with Crippen LogP contribution in [-0.2, 0) is 20.4 Å². The van der Waals surface area contributed by atoms with Gasteiger partial charge < -0.3 is 14.4 Å². The van der Waals surface area contributed by atoms with Gasteiger partial charge in [-0.1, -0.05) is 52.0 Å². The predicted octanol–water partition coefficient (Wildman–Crippen LogP) is 6.96. The van der Waals surface area contributed by atoms with Crippen LogP contribution >= 0.6 is 12.2 Å². The van der Waals surface area contributed by atoms with Crippen LogP contribution in [0.5, 0.6) is 0 Å². The van der Waals surface area contributed by atoms with E-state index in [0.717, 1.165) is 36.9 Å². The number of allylic oxidation sites excluding steroid dienone is 2. The third-order valence-corrected chi connectivity index (χ3v) is 10.3. The summed E-state index contributed by atoms with van der Waals surface area (Å²) < 4.78 is 6.08. The summed E-state index contributed by atoms with van der Waals surface area (Å²) in [7, 11) is 0. The maximum Gasteiger partial charge on any atom is 0.343 e. The van der Waals surface area contributed by atoms with E-state index in [9.17, 15) is 24.3 Å². The Kier molecular flexibility index (Phi) is 7.67. The van der Waals surface area contributed by atoms with Gasteiger partial charge in [-0.15, -0.1) is 0 Å². The van der Waals surface area contributed by atoms with Gasteiger partial charge >= 0.3 is 11.6 Å². The normalized spacial score (nSPS) is 19.2. The zero-order chi connectivity index (χ0) is 34.8. The number of carboxylic acid groups (broad SMARTS) is 1. The number of fused-ring (bicyclic) bond motifs is 2. The zero-order valence-electron chi connectivity index (χ0n) is 27.6. The predicted molar refractivity (Wildman–Crippen MR) is 195 cm³/mol. The molecule has 3 aliphatic heterocycles. The molecule has 4 aromatic rings. The lowest BCUT2D eigenvalue weighted by molar-refractivity contribution is -0.120. The van der Waals surface area contributed by atoms with Crippen molar-refractivity contribution in [3.8, 4) is 0 Å². The number of carboxylic acids is 1. The fourth-order valence-corrected chi connectivity index (χ4v) is 7.44. The van der Waals surface area contributed by atoms with E-state index < -0.39 is 23.4 Å². The van der Waals surface area contributed by atoms with Crippen LogP contribution in [0.15, 0.2) is 93.7 Å². The largest absolute Gasteiger partial charge is 0.478 e. The fraction of sp³-hybridized carbons (Fsp3) is 0.256. The van der Waals surface area contributed by atoms with Gasteiger partial charge in [0.15, 0.2) is 5.11 Å². The van der Waals surface area contributed by atoms with Crippen molar-refractivity contribution in [3.05, 3.63) is 117 Å². The number of benzene rings is 3. The van der Waals surface area contributed by atoms with Gasteiger partial charge in [-0.2, -0.15) is 0 Å². The molecular formula is C39H35N3O6S. The average molecular weight is 674 g/mol. The molecule has 248 valence electrons. The first-order chi connectivity index (χ1) is 23.3. The molecule has 1 fully saturated rings. The highest BCUT2D eigenvalue weighted by Gasteiger charge is 2.43. The number of anilines is 3. The fourth-order valence-electron chi connectivity index (χ4n) is 7.07. The average Bonchev–Trinajstić information content (AvgIpc) is 3.06. The molecule has 0 atom stereocenters. The molecule has 1 aromatic heterocycles. The molecule has 0 spiro atoms. The Morgan fingerprint density at radius 2 is 1.47 bits per heavy atom. The molecule has 0 aliphatic carbocycles. The number of carbonyl (C=O) groups is 3. The van der Waals surface area contributed by atoms with Crippen molar-refractivity contribution in [2.45, 2.75) is 51.4 Å². The van der Waals surface area contributed by atoms with Gasteiger partial charge in [-0.25, -0.2) is 9.59 Å². The molecule has 0 saturated carbocycles. The van der Waals surface area contributed by atoms with Gasteiger partial charge in [0.2, 0.25) is 0 Å². The number of thiocarbonyl (C=S) groups is 1. The minimum atomic E-state index is -1.11. The molecule has 3 aliphatic rings. The topological polar surface area (TPSA) is 111 Å². The SMILES string of the molecule is CC1(C)CCN2CCC(C)(C)c3c2c1cc1cc(C=CC=C2C(=O)N(c4ccccc4)C(=S)N(c4ccc(C(=O)O)cc4)C2=O)c(=O)oc31. The van der Waals surface area contributed by atoms with Gasteiger partial charge in [-0.3, -0.25) is 19.4 Å². The molecule has 9 nitrogen and oxygen atoms in total. The monoisotopic (exact) mass is 673 g/mol. The number of carbonyl (C=O) groups excluding carboxylic acids is 2. The number of amides is 2. The van der Waals surface area contributed by atoms with Crippen molar-refractivity contribution >= 4 is 69.2 Å². The van der Waals surface area contributed by atoms with Crippen LogP contribution in [0.4, 0.5) is 17.1 Å². The number of hydrogen-bond donors (Lipinski definition) is 1. The van der Waals surface area contributed by atoms with Crippen molar-refractivity contribution in [2.75, 3.05) is 27.8 Å². The van der Waals surface area contributed by atoms with E-state index in [-0.39, 0.29) is 32.6 Å². The summed E-state index contributed by atoms with van der Waals surface area (Å²) in [6.45, 7) is 10.8. The van der Waals surface area contributed by atoms with Crippen LogP contribution in [0.2, 0.25) is 0 Å². The quantitative estimate of drug-likeness (QED) is 0.105. The Morgan fingerprint density at radius 1 is 0.857 bits per heavy atom. The number of aromatic carboxylic acids is 1. The van der Waals surface area contributed by atoms with E-state index in [4.69, 9.17) is 16.6 Å². The minimum absolute atomic E-state index is 0.0392. The summed E-state index contributed by atoms with van der Waals surface area (Å²) in [6.07, 6.45) is 6.37. The van der Waals surface area contributed by atoms with E-state index in [1.807, 2.05) is 6.07 Å². The van der Waals surface area contributed by atoms with Crippen LogP contribution in [-0.4, -0.2) is 41.1 Å². The first kappa shape index (κ1) is 32.2. The highest BCUT2D eigenvalue weighted by atomic mass is 32.1. The Labute approximate surface area is 288 Å². The molecular weight excluding hydrogens is 639 g/mol. The Balaban J connectivity index is 1.31. The van der Waals surface area contributed by atoms with Crippen molar-refractivity contribution in [1.82, 2.24) is 0 Å². The lowest BCUT2D eigenvalue weighted by atomic mass is 9.69. The summed E-state index contributed by atoms with van der Waals surface area (Å²) in [5.41, 5.74) is 4.23. The van der Waals surface area contributed by atoms with Crippen molar-refractivity contribution < 1.29 is 23.9 Å². The van der Waals surface area contributed by atoms with Crippen LogP contribution in [0.3, 0.4) is 0 Å². The van der Waals surface area contributed by atoms with Crippen LogP contribution in [0.25, 0.3) is 17.0 Å². The Morgan fingerprint density at radius 3 is 2.10 bits per heavy atom. The standard InChI is InChI=1S/C39H35N3O6S/c1-38(2)17-19-40-20-18-39(3,4)30-31(40)29(38)22-25-21-24(36(47)48-32(25)30)9-8-12-28-33(43)41(26-10-6-5-7-11-26)37(49)42(34(28)44)27-15-13-23(14-16-27)35(45)46/h5-16,21-22H,17-20H2,1-4H3,(H,45,46). The molecule has 4 heterocycles. The van der Waals surface area contributed by atoms with Gasteiger partial charge in [0.1, 0.15) is 11.2 Å². The highest BCUT2D eigenvalue weighted by Crippen LogP contribution is 2.51. The van der Waals surface area contributed by atoms with E-state index in [1.54, 1.807) is 30.3 Å². The molecule has 1 N–H and O–H groups in total. The van der Waals surface area contributed by atoms with Gasteiger partial charge in [0.25, 0.3) is 11.8 Å². The summed E-state index contributed by atoms with van der Waals surface area (Å²) in [5.74, 6) is -2.42. The van der Waals surface area contributed by atoms with Crippen LogP contribution in [0, 0.1) is 0 Å². The minimum Gasteiger partial charge on any atom is -0.478 e. The maximum absolute atomic E-state index is 13.9. The second-order valence-electron chi connectivity index (χ2n) is 14.0. The van der Waals surface area contributed by atoms with Gasteiger partial charge in [-0.05, 0) is 102 Å². The number of hydrogen-bond acceptors (Lipinski definition) is 7. The van der Waals surface area contributed by atoms with Crippen molar-refractivity contribution in [3.63, 3.8) is 0 Å². The number of para-hydroxylation sites is 1. The lowest BCUT2D eigenvalue weighted by Crippen LogP contribution is -2.57. The summed E-state index contributed by atoms with van der Waals surface area (Å²) >= 11 is 5.65. The van der Waals surface area contributed by atoms with E-state index >= 15 is 0 Å². The molecule has 0 bridgehead atoms. The van der Waals surface area contributed by atoms with Crippen molar-refractivity contribution in [1.29, 1.82) is 0 Å². The molecule has 2 amide bonds. The molecule has 49 heavy (non-hydrogen) atoms. The molecule has 1 saturated heterocycles. The first-order valence-electron chi connectivity index (χ1n) is 16.2. The molecule has 7 rings (SSSR count). The Hall–Kier alpha value is -5.35. The highest BCUT2D eigenvalue weighted by molar-refractivity contribution is 7.81. The lowest BCUT2D eigenvalue weighted by Gasteiger charge is -2.48. The smallest absolute Gasteiger partial charge is 0.343 e. The van der Waals surface area contributed by atoms with E-state index in [2.05, 4.69) is 38.7 Å². The van der Waals surface area contributed by atoms with Gasteiger partial charge in [0, 0.05) is 29.7 Å². The third kappa shape index (κ3) is 5.36. The molecule has 10 heteroatoms. The van der Waals surface area contributed by atoms with E-state index in [1.165, 1.54) is 63.5 Å². The summed E-state index contributed by atoms with van der Waals surface area (Å²) in [5, 5.41) is 10.1. The van der Waals surface area contributed by atoms with Crippen LogP contribution in [0.1, 0.15) is 67.6 Å². The Bertz CT molecular complexity index is 2200. The third-order valence-electron chi connectivity index (χ3n) is 9.93. The second-order valence-corrected chi connectivity index (χ2v) is 14.4. The van der Waals surface area contributed by atoms with Crippen molar-refractivity contribution in [2.24, 2.45) is 0 Å². The van der Waals surface area contributed by atoms with E-state index in [0.29, 0.717) is 17.0 Å². The summed E-state index contributed by atoms with van der Waals surface area (Å²) in [6, 6.07) is 18.3. The molecule has 0 unspecified atom stereocenters. The molecule has 0 radical (unpaired) electrons. The maximum atomic E-state index is 13.9. The first-order valence-corrected chi connectivity index (χ1v) is 16.6. The van der Waals surface area contributed by atoms with Crippen LogP contribution < -0.4 is 20.3 Å². The zero-order valence-corrected chi connectivity index (χ0v) is 28.5. The number of rotatable bonds is 5. The summed E-state index contributed by atoms with van der Waals surface area (Å²) in [4.78, 5) is 57.5. The number of nitrogens with zero attached hydrogens (tertiary/aromatic N) is 3. The molecule has 3 aromatic carbocycles.